The average Bonchev–Trinajstić information content (AvgIpc) is 2.77. The summed E-state index contributed by atoms with van der Waals surface area (Å²) in [6, 6.07) is -0.833. The van der Waals surface area contributed by atoms with E-state index in [9.17, 15) is 14.4 Å². The zero-order chi connectivity index (χ0) is 16.2. The molecule has 0 aromatic heterocycles. The molecule has 0 radical (unpaired) electrons. The van der Waals surface area contributed by atoms with E-state index in [1.54, 1.807) is 20.8 Å². The molecule has 0 bridgehead atoms. The molecule has 0 aliphatic carbocycles. The van der Waals surface area contributed by atoms with E-state index >= 15 is 0 Å². The maximum atomic E-state index is 12.3. The van der Waals surface area contributed by atoms with Gasteiger partial charge < -0.3 is 9.47 Å². The van der Waals surface area contributed by atoms with Gasteiger partial charge in [0, 0.05) is 18.7 Å². The van der Waals surface area contributed by atoms with Gasteiger partial charge in [-0.1, -0.05) is 11.8 Å². The molecule has 1 heterocycles. The third kappa shape index (κ3) is 5.22. The van der Waals surface area contributed by atoms with Crippen LogP contribution in [0.3, 0.4) is 0 Å². The molecule has 0 aromatic rings. The molecule has 0 unspecified atom stereocenters. The Balaban J connectivity index is 2.86. The van der Waals surface area contributed by atoms with Crippen molar-refractivity contribution < 1.29 is 23.9 Å². The van der Waals surface area contributed by atoms with Gasteiger partial charge in [-0.15, -0.1) is 0 Å². The molecule has 1 saturated heterocycles. The van der Waals surface area contributed by atoms with Crippen molar-refractivity contribution in [2.75, 3.05) is 12.9 Å². The van der Waals surface area contributed by atoms with Crippen LogP contribution in [-0.2, 0) is 19.1 Å². The lowest BCUT2D eigenvalue weighted by Gasteiger charge is -2.31. The third-order valence-corrected chi connectivity index (χ3v) is 4.02. The zero-order valence-electron chi connectivity index (χ0n) is 13.2. The van der Waals surface area contributed by atoms with Crippen molar-refractivity contribution >= 4 is 28.9 Å². The number of rotatable bonds is 3. The lowest BCUT2D eigenvalue weighted by Crippen LogP contribution is -2.48. The number of amides is 1. The lowest BCUT2D eigenvalue weighted by atomic mass is 10.2. The number of thioether (sulfide) groups is 1. The Labute approximate surface area is 129 Å². The maximum Gasteiger partial charge on any atom is 0.411 e. The number of methoxy groups -OCH3 is 1. The summed E-state index contributed by atoms with van der Waals surface area (Å²) >= 11 is 1.15. The van der Waals surface area contributed by atoms with Crippen LogP contribution >= 0.6 is 11.8 Å². The van der Waals surface area contributed by atoms with Crippen molar-refractivity contribution in [3.63, 3.8) is 0 Å². The molecular weight excluding hydrogens is 294 g/mol. The molecule has 1 aliphatic rings. The standard InChI is InChI=1S/C14H23NO5S/c1-9(16)21-8-10-6-7-11(12(17)19-5)15(10)13(18)20-14(2,3)4/h10-11H,6-8H2,1-5H3/t10-,11-/m0/s1. The molecule has 6 nitrogen and oxygen atoms in total. The van der Waals surface area contributed by atoms with Gasteiger partial charge in [-0.2, -0.15) is 0 Å². The summed E-state index contributed by atoms with van der Waals surface area (Å²) in [6.45, 7) is 6.80. The fourth-order valence-electron chi connectivity index (χ4n) is 2.22. The summed E-state index contributed by atoms with van der Waals surface area (Å²) in [5.74, 6) is 0.0124. The van der Waals surface area contributed by atoms with Gasteiger partial charge in [0.05, 0.1) is 7.11 Å². The van der Waals surface area contributed by atoms with Gasteiger partial charge in [-0.25, -0.2) is 9.59 Å². The highest BCUT2D eigenvalue weighted by Gasteiger charge is 2.43. The predicted molar refractivity (Wildman–Crippen MR) is 80.0 cm³/mol. The summed E-state index contributed by atoms with van der Waals surface area (Å²) in [7, 11) is 1.30. The Morgan fingerprint density at radius 2 is 1.86 bits per heavy atom. The van der Waals surface area contributed by atoms with Crippen LogP contribution in [0.2, 0.25) is 0 Å². The Bertz CT molecular complexity index is 418. The average molecular weight is 317 g/mol. The van der Waals surface area contributed by atoms with Gasteiger partial charge in [0.2, 0.25) is 0 Å². The first kappa shape index (κ1) is 17.8. The fraction of sp³-hybridized carbons (Fsp3) is 0.786. The van der Waals surface area contributed by atoms with Crippen molar-refractivity contribution in [1.82, 2.24) is 4.90 Å². The largest absolute Gasteiger partial charge is 0.467 e. The normalized spacial score (nSPS) is 22.0. The van der Waals surface area contributed by atoms with Gasteiger partial charge in [0.25, 0.3) is 0 Å². The molecular formula is C14H23NO5S. The van der Waals surface area contributed by atoms with Crippen LogP contribution in [0.4, 0.5) is 4.79 Å². The van der Waals surface area contributed by atoms with Crippen LogP contribution in [0.25, 0.3) is 0 Å². The smallest absolute Gasteiger partial charge is 0.411 e. The molecule has 1 amide bonds. The molecule has 0 N–H and O–H groups in total. The topological polar surface area (TPSA) is 72.9 Å². The lowest BCUT2D eigenvalue weighted by molar-refractivity contribution is -0.146. The van der Waals surface area contributed by atoms with Crippen molar-refractivity contribution in [1.29, 1.82) is 0 Å². The Morgan fingerprint density at radius 1 is 1.24 bits per heavy atom. The summed E-state index contributed by atoms with van der Waals surface area (Å²) in [5, 5.41) is -0.0133. The first-order valence-corrected chi connectivity index (χ1v) is 7.86. The van der Waals surface area contributed by atoms with Crippen LogP contribution in [0.15, 0.2) is 0 Å². The Morgan fingerprint density at radius 3 is 2.33 bits per heavy atom. The molecule has 21 heavy (non-hydrogen) atoms. The Hall–Kier alpha value is -1.24. The van der Waals surface area contributed by atoms with E-state index in [2.05, 4.69) is 0 Å². The minimum atomic E-state index is -0.640. The first-order valence-electron chi connectivity index (χ1n) is 6.88. The van der Waals surface area contributed by atoms with E-state index < -0.39 is 23.7 Å². The molecule has 0 saturated carbocycles. The molecule has 120 valence electrons. The van der Waals surface area contributed by atoms with E-state index in [0.717, 1.165) is 11.8 Å². The minimum Gasteiger partial charge on any atom is -0.467 e. The van der Waals surface area contributed by atoms with Crippen LogP contribution < -0.4 is 0 Å². The summed E-state index contributed by atoms with van der Waals surface area (Å²) < 4.78 is 10.1. The van der Waals surface area contributed by atoms with E-state index in [-0.39, 0.29) is 11.2 Å². The predicted octanol–water partition coefficient (Wildman–Crippen LogP) is 2.21. The molecule has 1 rings (SSSR count). The van der Waals surface area contributed by atoms with Crippen LogP contribution in [0.5, 0.6) is 0 Å². The Kier molecular flexibility index (Phi) is 6.07. The second-order valence-electron chi connectivity index (χ2n) is 5.96. The fourth-order valence-corrected chi connectivity index (χ4v) is 2.97. The third-order valence-electron chi connectivity index (χ3n) is 3.06. The van der Waals surface area contributed by atoms with E-state index in [1.807, 2.05) is 0 Å². The minimum absolute atomic E-state index is 0.0133. The number of nitrogens with zero attached hydrogens (tertiary/aromatic N) is 1. The first-order chi connectivity index (χ1) is 9.65. The van der Waals surface area contributed by atoms with E-state index in [4.69, 9.17) is 9.47 Å². The van der Waals surface area contributed by atoms with Gasteiger partial charge in [0.1, 0.15) is 11.6 Å². The van der Waals surface area contributed by atoms with Gasteiger partial charge >= 0.3 is 12.1 Å². The SMILES string of the molecule is COC(=O)[C@@H]1CC[C@@H](CSC(C)=O)N1C(=O)OC(C)(C)C. The van der Waals surface area contributed by atoms with Crippen molar-refractivity contribution in [2.24, 2.45) is 0 Å². The molecule has 7 heteroatoms. The van der Waals surface area contributed by atoms with Crippen LogP contribution in [-0.4, -0.2) is 52.6 Å². The quantitative estimate of drug-likeness (QED) is 0.743. The molecule has 1 fully saturated rings. The number of likely N-dealkylation sites (tertiary alicyclic amines) is 1. The van der Waals surface area contributed by atoms with Crippen LogP contribution in [0, 0.1) is 0 Å². The highest BCUT2D eigenvalue weighted by Crippen LogP contribution is 2.29. The summed E-state index contributed by atoms with van der Waals surface area (Å²) in [4.78, 5) is 36.7. The van der Waals surface area contributed by atoms with E-state index in [1.165, 1.54) is 18.9 Å². The summed E-state index contributed by atoms with van der Waals surface area (Å²) in [6.07, 6.45) is 0.637. The maximum absolute atomic E-state index is 12.3. The van der Waals surface area contributed by atoms with Crippen molar-refractivity contribution in [3.05, 3.63) is 0 Å². The van der Waals surface area contributed by atoms with Gasteiger partial charge in [-0.3, -0.25) is 9.69 Å². The van der Waals surface area contributed by atoms with Gasteiger partial charge in [0.15, 0.2) is 5.12 Å². The molecule has 1 aliphatic heterocycles. The molecule has 0 aromatic carbocycles. The highest BCUT2D eigenvalue weighted by molar-refractivity contribution is 8.13. The van der Waals surface area contributed by atoms with Crippen LogP contribution in [0.1, 0.15) is 40.5 Å². The van der Waals surface area contributed by atoms with Crippen molar-refractivity contribution in [2.45, 2.75) is 58.2 Å². The second-order valence-corrected chi connectivity index (χ2v) is 7.16. The second kappa shape index (κ2) is 7.15. The highest BCUT2D eigenvalue weighted by atomic mass is 32.2. The summed E-state index contributed by atoms with van der Waals surface area (Å²) in [5.41, 5.74) is -0.640. The number of esters is 1. The van der Waals surface area contributed by atoms with Gasteiger partial charge in [-0.05, 0) is 33.6 Å². The number of carbonyl (C=O) groups excluding carboxylic acids is 3. The van der Waals surface area contributed by atoms with Crippen molar-refractivity contribution in [3.8, 4) is 0 Å². The number of hydrogen-bond donors (Lipinski definition) is 0. The van der Waals surface area contributed by atoms with E-state index in [0.29, 0.717) is 18.6 Å². The molecule has 0 spiro atoms. The monoisotopic (exact) mass is 317 g/mol. The number of ether oxygens (including phenoxy) is 2. The zero-order valence-corrected chi connectivity index (χ0v) is 14.0. The number of carbonyl (C=O) groups is 3. The number of hydrogen-bond acceptors (Lipinski definition) is 6. The molecule has 2 atom stereocenters.